The summed E-state index contributed by atoms with van der Waals surface area (Å²) in [4.78, 5) is 10.2. The van der Waals surface area contributed by atoms with Crippen molar-refractivity contribution in [1.29, 1.82) is 0 Å². The molecule has 2 unspecified atom stereocenters. The molecule has 1 aliphatic rings. The van der Waals surface area contributed by atoms with Crippen molar-refractivity contribution in [2.45, 2.75) is 62.8 Å². The molecule has 7 heteroatoms. The topological polar surface area (TPSA) is 80.3 Å². The molecule has 1 aromatic rings. The molecule has 6 nitrogen and oxygen atoms in total. The van der Waals surface area contributed by atoms with Gasteiger partial charge in [-0.2, -0.15) is 4.31 Å². The van der Waals surface area contributed by atoms with Crippen LogP contribution in [0.2, 0.25) is 0 Å². The Morgan fingerprint density at radius 2 is 1.74 bits per heavy atom. The van der Waals surface area contributed by atoms with Crippen LogP contribution in [0.25, 0.3) is 0 Å². The Morgan fingerprint density at radius 1 is 1.13 bits per heavy atom. The van der Waals surface area contributed by atoms with Crippen LogP contribution in [0.15, 0.2) is 29.2 Å². The molecule has 0 bridgehead atoms. The number of hydrogen-bond acceptors (Lipinski definition) is 4. The van der Waals surface area contributed by atoms with Crippen LogP contribution in [-0.2, 0) is 10.0 Å². The Hall–Kier alpha value is -1.47. The minimum absolute atomic E-state index is 0.0985. The number of rotatable bonds is 10. The van der Waals surface area contributed by atoms with Crippen molar-refractivity contribution in [3.05, 3.63) is 34.4 Å². The molecule has 0 spiro atoms. The zero-order valence-electron chi connectivity index (χ0n) is 13.5. The van der Waals surface area contributed by atoms with Crippen molar-refractivity contribution in [3.63, 3.8) is 0 Å². The fourth-order valence-corrected chi connectivity index (χ4v) is 4.34. The third-order valence-corrected chi connectivity index (χ3v) is 6.14. The monoisotopic (exact) mass is 340 g/mol. The lowest BCUT2D eigenvalue weighted by Crippen LogP contribution is -2.14. The van der Waals surface area contributed by atoms with E-state index in [9.17, 15) is 18.5 Å². The molecule has 0 saturated carbocycles. The molecule has 0 aromatic heterocycles. The van der Waals surface area contributed by atoms with E-state index in [0.29, 0.717) is 6.54 Å². The number of sulfonamides is 1. The van der Waals surface area contributed by atoms with E-state index in [1.54, 1.807) is 0 Å². The van der Waals surface area contributed by atoms with E-state index in [-0.39, 0.29) is 16.6 Å². The molecular formula is C16H24N2O4S. The molecule has 0 N–H and O–H groups in total. The lowest BCUT2D eigenvalue weighted by molar-refractivity contribution is -0.384. The largest absolute Gasteiger partial charge is 0.269 e. The van der Waals surface area contributed by atoms with E-state index < -0.39 is 14.9 Å². The van der Waals surface area contributed by atoms with Gasteiger partial charge in [0.25, 0.3) is 5.69 Å². The first-order valence-electron chi connectivity index (χ1n) is 8.23. The summed E-state index contributed by atoms with van der Waals surface area (Å²) in [5.41, 5.74) is -0.0987. The standard InChI is InChI=1S/C16H24N2O4S/c1-2-3-4-5-6-7-8-15-13-17(15)23(21,22)16-11-9-14(10-12-16)18(19)20/h9-12,15H,2-8,13H2,1H3. The lowest BCUT2D eigenvalue weighted by Gasteiger charge is -2.06. The normalized spacial score (nSPS) is 20.4. The van der Waals surface area contributed by atoms with Crippen LogP contribution in [0.1, 0.15) is 51.9 Å². The maximum absolute atomic E-state index is 12.4. The highest BCUT2D eigenvalue weighted by Crippen LogP contribution is 2.32. The van der Waals surface area contributed by atoms with Gasteiger partial charge in [-0.25, -0.2) is 8.42 Å². The Balaban J connectivity index is 1.81. The first-order chi connectivity index (χ1) is 11.0. The smallest absolute Gasteiger partial charge is 0.258 e. The molecule has 1 aliphatic heterocycles. The minimum Gasteiger partial charge on any atom is -0.258 e. The zero-order chi connectivity index (χ0) is 16.9. The molecule has 2 rings (SSSR count). The van der Waals surface area contributed by atoms with E-state index >= 15 is 0 Å². The zero-order valence-corrected chi connectivity index (χ0v) is 14.3. The van der Waals surface area contributed by atoms with Gasteiger partial charge in [0.1, 0.15) is 0 Å². The van der Waals surface area contributed by atoms with Gasteiger partial charge in [0.2, 0.25) is 10.0 Å². The molecule has 1 saturated heterocycles. The molecular weight excluding hydrogens is 316 g/mol. The van der Waals surface area contributed by atoms with Crippen LogP contribution in [0, 0.1) is 10.1 Å². The summed E-state index contributed by atoms with van der Waals surface area (Å²) < 4.78 is 26.3. The number of nitro groups is 1. The molecule has 1 aromatic carbocycles. The molecule has 0 aliphatic carbocycles. The second-order valence-corrected chi connectivity index (χ2v) is 7.93. The van der Waals surface area contributed by atoms with E-state index in [2.05, 4.69) is 6.92 Å². The van der Waals surface area contributed by atoms with Crippen LogP contribution in [0.3, 0.4) is 0 Å². The summed E-state index contributed by atoms with van der Waals surface area (Å²) in [6.07, 6.45) is 8.08. The van der Waals surface area contributed by atoms with Crippen LogP contribution < -0.4 is 0 Å². The van der Waals surface area contributed by atoms with Crippen LogP contribution in [0.4, 0.5) is 5.69 Å². The second-order valence-electron chi connectivity index (χ2n) is 6.04. The highest BCUT2D eigenvalue weighted by atomic mass is 32.2. The fourth-order valence-electron chi connectivity index (χ4n) is 2.73. The van der Waals surface area contributed by atoms with E-state index in [4.69, 9.17) is 0 Å². The van der Waals surface area contributed by atoms with Gasteiger partial charge in [0.15, 0.2) is 0 Å². The maximum Gasteiger partial charge on any atom is 0.269 e. The van der Waals surface area contributed by atoms with Gasteiger partial charge in [-0.15, -0.1) is 0 Å². The minimum atomic E-state index is -3.50. The number of unbranched alkanes of at least 4 members (excludes halogenated alkanes) is 5. The Bertz CT molecular complexity index is 628. The van der Waals surface area contributed by atoms with Crippen molar-refractivity contribution >= 4 is 15.7 Å². The molecule has 0 amide bonds. The Kier molecular flexibility index (Phi) is 6.12. The van der Waals surface area contributed by atoms with Gasteiger partial charge >= 0.3 is 0 Å². The first kappa shape index (κ1) is 17.9. The summed E-state index contributed by atoms with van der Waals surface area (Å²) in [6, 6.07) is 5.20. The maximum atomic E-state index is 12.4. The quantitative estimate of drug-likeness (QED) is 0.281. The number of nitrogens with zero attached hydrogens (tertiary/aromatic N) is 2. The lowest BCUT2D eigenvalue weighted by atomic mass is 10.1. The van der Waals surface area contributed by atoms with Crippen molar-refractivity contribution in [2.24, 2.45) is 0 Å². The number of benzene rings is 1. The van der Waals surface area contributed by atoms with E-state index in [0.717, 1.165) is 19.3 Å². The SMILES string of the molecule is CCCCCCCCC1CN1S(=O)(=O)c1ccc([N+](=O)[O-])cc1. The predicted molar refractivity (Wildman–Crippen MR) is 88.8 cm³/mol. The van der Waals surface area contributed by atoms with Gasteiger partial charge in [-0.3, -0.25) is 10.1 Å². The third kappa shape index (κ3) is 4.75. The van der Waals surface area contributed by atoms with Crippen LogP contribution >= 0.6 is 0 Å². The molecule has 1 heterocycles. The molecule has 23 heavy (non-hydrogen) atoms. The van der Waals surface area contributed by atoms with Gasteiger partial charge in [-0.1, -0.05) is 45.4 Å². The number of non-ortho nitro benzene ring substituents is 1. The second kappa shape index (κ2) is 7.88. The van der Waals surface area contributed by atoms with Gasteiger partial charge in [-0.05, 0) is 18.6 Å². The third-order valence-electron chi connectivity index (χ3n) is 4.21. The summed E-state index contributed by atoms with van der Waals surface area (Å²) in [6.45, 7) is 2.75. The predicted octanol–water partition coefficient (Wildman–Crippen LogP) is 3.72. The van der Waals surface area contributed by atoms with Crippen molar-refractivity contribution in [2.75, 3.05) is 6.54 Å². The van der Waals surface area contributed by atoms with Crippen molar-refractivity contribution in [3.8, 4) is 0 Å². The summed E-state index contributed by atoms with van der Waals surface area (Å²) in [7, 11) is -3.50. The Morgan fingerprint density at radius 3 is 2.35 bits per heavy atom. The van der Waals surface area contributed by atoms with Gasteiger partial charge < -0.3 is 0 Å². The number of nitro benzene ring substituents is 1. The highest BCUT2D eigenvalue weighted by Gasteiger charge is 2.43. The number of hydrogen-bond donors (Lipinski definition) is 0. The van der Waals surface area contributed by atoms with Crippen LogP contribution in [0.5, 0.6) is 0 Å². The average Bonchev–Trinajstić information content (AvgIpc) is 3.31. The molecule has 2 atom stereocenters. The highest BCUT2D eigenvalue weighted by molar-refractivity contribution is 7.89. The van der Waals surface area contributed by atoms with Crippen LogP contribution in [-0.4, -0.2) is 30.2 Å². The first-order valence-corrected chi connectivity index (χ1v) is 9.67. The van der Waals surface area contributed by atoms with Crippen molar-refractivity contribution < 1.29 is 13.3 Å². The molecule has 0 radical (unpaired) electrons. The summed E-state index contributed by atoms with van der Waals surface area (Å²) in [5, 5.41) is 10.6. The van der Waals surface area contributed by atoms with Gasteiger partial charge in [0.05, 0.1) is 9.82 Å². The van der Waals surface area contributed by atoms with Crippen molar-refractivity contribution in [1.82, 2.24) is 4.31 Å². The summed E-state index contributed by atoms with van der Waals surface area (Å²) in [5.74, 6) is 0. The van der Waals surface area contributed by atoms with Gasteiger partial charge in [0, 0.05) is 24.7 Å². The average molecular weight is 340 g/mol. The van der Waals surface area contributed by atoms with E-state index in [1.165, 1.54) is 54.3 Å². The molecule has 128 valence electrons. The summed E-state index contributed by atoms with van der Waals surface area (Å²) >= 11 is 0. The fraction of sp³-hybridized carbons (Fsp3) is 0.625. The Labute approximate surface area is 137 Å². The molecule has 1 fully saturated rings. The van der Waals surface area contributed by atoms with E-state index in [1.807, 2.05) is 0 Å².